The number of halogens is 1. The van der Waals surface area contributed by atoms with Crippen molar-refractivity contribution in [2.24, 2.45) is 0 Å². The average Bonchev–Trinajstić information content (AvgIpc) is 3.26. The lowest BCUT2D eigenvalue weighted by molar-refractivity contribution is -0.116. The van der Waals surface area contributed by atoms with Crippen LogP contribution < -0.4 is 11.0 Å². The number of anilines is 1. The van der Waals surface area contributed by atoms with Crippen LogP contribution in [0.4, 0.5) is 10.1 Å². The van der Waals surface area contributed by atoms with E-state index >= 15 is 0 Å². The van der Waals surface area contributed by atoms with Gasteiger partial charge in [-0.3, -0.25) is 4.79 Å². The number of imidazole rings is 1. The lowest BCUT2D eigenvalue weighted by Crippen LogP contribution is -2.12. The molecular weight excluding hydrogens is 353 g/mol. The topological polar surface area (TPSA) is 117 Å². The van der Waals surface area contributed by atoms with Gasteiger partial charge in [0, 0.05) is 24.1 Å². The summed E-state index contributed by atoms with van der Waals surface area (Å²) < 4.78 is 18.1. The van der Waals surface area contributed by atoms with Gasteiger partial charge >= 0.3 is 5.69 Å². The quantitative estimate of drug-likeness (QED) is 0.501. The van der Waals surface area contributed by atoms with Crippen LogP contribution in [0, 0.1) is 5.82 Å². The van der Waals surface area contributed by atoms with Gasteiger partial charge in [-0.1, -0.05) is 5.16 Å². The van der Waals surface area contributed by atoms with Crippen LogP contribution in [-0.4, -0.2) is 26.0 Å². The summed E-state index contributed by atoms with van der Waals surface area (Å²) in [6.07, 6.45) is 0.413. The van der Waals surface area contributed by atoms with Crippen molar-refractivity contribution in [3.8, 4) is 11.4 Å². The first kappa shape index (κ1) is 16.7. The van der Waals surface area contributed by atoms with Gasteiger partial charge in [-0.25, -0.2) is 9.18 Å². The molecule has 4 aromatic rings. The number of nitrogens with zero attached hydrogens (tertiary/aromatic N) is 2. The van der Waals surface area contributed by atoms with E-state index in [9.17, 15) is 14.0 Å². The second-order valence-electron chi connectivity index (χ2n) is 5.91. The van der Waals surface area contributed by atoms with Crippen molar-refractivity contribution < 1.29 is 13.7 Å². The van der Waals surface area contributed by atoms with E-state index in [4.69, 9.17) is 4.52 Å². The molecule has 2 heterocycles. The molecule has 2 aromatic heterocycles. The van der Waals surface area contributed by atoms with Crippen LogP contribution in [0.25, 0.3) is 22.4 Å². The molecule has 8 nitrogen and oxygen atoms in total. The molecule has 2 aromatic carbocycles. The number of benzene rings is 2. The van der Waals surface area contributed by atoms with Crippen LogP contribution in [-0.2, 0) is 11.2 Å². The van der Waals surface area contributed by atoms with Gasteiger partial charge in [0.2, 0.25) is 17.6 Å². The van der Waals surface area contributed by atoms with Crippen LogP contribution >= 0.6 is 0 Å². The van der Waals surface area contributed by atoms with Gasteiger partial charge < -0.3 is 19.8 Å². The molecule has 1 amide bonds. The number of hydrogen-bond donors (Lipinski definition) is 3. The van der Waals surface area contributed by atoms with E-state index < -0.39 is 0 Å². The highest BCUT2D eigenvalue weighted by atomic mass is 19.1. The Labute approximate surface area is 151 Å². The summed E-state index contributed by atoms with van der Waals surface area (Å²) in [6.45, 7) is 0. The molecule has 0 aliphatic carbocycles. The van der Waals surface area contributed by atoms with Crippen molar-refractivity contribution in [3.05, 3.63) is 64.7 Å². The smallest absolute Gasteiger partial charge is 0.323 e. The van der Waals surface area contributed by atoms with Crippen molar-refractivity contribution in [2.45, 2.75) is 12.8 Å². The highest BCUT2D eigenvalue weighted by Crippen LogP contribution is 2.17. The van der Waals surface area contributed by atoms with Crippen molar-refractivity contribution >= 4 is 22.6 Å². The minimum atomic E-state index is -0.346. The number of carbonyl (C=O) groups is 1. The molecule has 0 fully saturated rings. The maximum absolute atomic E-state index is 13.0. The number of aromatic amines is 2. The lowest BCUT2D eigenvalue weighted by Gasteiger charge is -2.04. The number of amides is 1. The van der Waals surface area contributed by atoms with Crippen molar-refractivity contribution in [1.82, 2.24) is 20.1 Å². The van der Waals surface area contributed by atoms with Crippen molar-refractivity contribution in [2.75, 3.05) is 5.32 Å². The molecule has 0 saturated carbocycles. The highest BCUT2D eigenvalue weighted by Gasteiger charge is 2.11. The summed E-state index contributed by atoms with van der Waals surface area (Å²) in [5.41, 5.74) is 2.17. The number of H-pyrrole nitrogens is 2. The summed E-state index contributed by atoms with van der Waals surface area (Å²) >= 11 is 0. The standard InChI is InChI=1S/C18H14FN5O3/c19-11-3-1-10(2-4-11)17-23-16(27-24-17)8-7-15(25)20-12-5-6-13-14(9-12)22-18(26)21-13/h1-6,9H,7-8H2,(H,20,25)(H2,21,22,26). The Balaban J connectivity index is 1.37. The van der Waals surface area contributed by atoms with Gasteiger partial charge in [0.05, 0.1) is 11.0 Å². The van der Waals surface area contributed by atoms with Crippen molar-refractivity contribution in [1.29, 1.82) is 0 Å². The number of nitrogens with one attached hydrogen (secondary N) is 3. The molecule has 0 bridgehead atoms. The summed E-state index contributed by atoms with van der Waals surface area (Å²) in [7, 11) is 0. The molecule has 4 rings (SSSR count). The second kappa shape index (κ2) is 6.87. The maximum atomic E-state index is 13.0. The second-order valence-corrected chi connectivity index (χ2v) is 5.91. The molecule has 0 aliphatic heterocycles. The van der Waals surface area contributed by atoms with E-state index in [0.29, 0.717) is 34.0 Å². The lowest BCUT2D eigenvalue weighted by atomic mass is 10.2. The van der Waals surface area contributed by atoms with E-state index in [2.05, 4.69) is 25.4 Å². The van der Waals surface area contributed by atoms with Gasteiger partial charge in [-0.15, -0.1) is 0 Å². The first-order chi connectivity index (χ1) is 13.1. The van der Waals surface area contributed by atoms with Gasteiger partial charge in [-0.2, -0.15) is 4.98 Å². The van der Waals surface area contributed by atoms with E-state index in [1.54, 1.807) is 30.3 Å². The summed E-state index contributed by atoms with van der Waals surface area (Å²) in [5, 5.41) is 6.59. The molecule has 0 unspecified atom stereocenters. The minimum Gasteiger partial charge on any atom is -0.339 e. The normalized spacial score (nSPS) is 11.0. The zero-order valence-electron chi connectivity index (χ0n) is 14.0. The molecule has 0 spiro atoms. The Morgan fingerprint density at radius 3 is 2.70 bits per heavy atom. The molecular formula is C18H14FN5O3. The molecule has 27 heavy (non-hydrogen) atoms. The van der Waals surface area contributed by atoms with Crippen LogP contribution in [0.15, 0.2) is 51.8 Å². The fourth-order valence-corrected chi connectivity index (χ4v) is 2.63. The van der Waals surface area contributed by atoms with Gasteiger partial charge in [0.15, 0.2) is 0 Å². The Kier molecular flexibility index (Phi) is 4.25. The van der Waals surface area contributed by atoms with E-state index in [1.807, 2.05) is 0 Å². The van der Waals surface area contributed by atoms with Crippen LogP contribution in [0.2, 0.25) is 0 Å². The number of hydrogen-bond acceptors (Lipinski definition) is 5. The first-order valence-corrected chi connectivity index (χ1v) is 8.17. The molecule has 0 saturated heterocycles. The van der Waals surface area contributed by atoms with Gasteiger partial charge in [0.1, 0.15) is 5.82 Å². The number of aryl methyl sites for hydroxylation is 1. The maximum Gasteiger partial charge on any atom is 0.323 e. The summed E-state index contributed by atoms with van der Waals surface area (Å²) in [5.74, 6) is 0.0805. The number of carbonyl (C=O) groups excluding carboxylic acids is 1. The van der Waals surface area contributed by atoms with Crippen LogP contribution in [0.1, 0.15) is 12.3 Å². The third-order valence-electron chi connectivity index (χ3n) is 3.94. The number of fused-ring (bicyclic) bond motifs is 1. The zero-order chi connectivity index (χ0) is 18.8. The minimum absolute atomic E-state index is 0.146. The van der Waals surface area contributed by atoms with Crippen LogP contribution in [0.5, 0.6) is 0 Å². The van der Waals surface area contributed by atoms with E-state index in [0.717, 1.165) is 0 Å². The zero-order valence-corrected chi connectivity index (χ0v) is 14.0. The first-order valence-electron chi connectivity index (χ1n) is 8.17. The SMILES string of the molecule is O=C(CCc1nc(-c2ccc(F)cc2)no1)Nc1ccc2[nH]c(=O)[nH]c2c1. The number of aromatic nitrogens is 4. The Hall–Kier alpha value is -3.75. The fraction of sp³-hybridized carbons (Fsp3) is 0.111. The van der Waals surface area contributed by atoms with Crippen molar-refractivity contribution in [3.63, 3.8) is 0 Å². The predicted molar refractivity (Wildman–Crippen MR) is 95.6 cm³/mol. The number of rotatable bonds is 5. The third kappa shape index (κ3) is 3.76. The van der Waals surface area contributed by atoms with Crippen LogP contribution in [0.3, 0.4) is 0 Å². The highest BCUT2D eigenvalue weighted by molar-refractivity contribution is 5.93. The largest absolute Gasteiger partial charge is 0.339 e. The monoisotopic (exact) mass is 367 g/mol. The van der Waals surface area contributed by atoms with E-state index in [-0.39, 0.29) is 30.3 Å². The van der Waals surface area contributed by atoms with Gasteiger partial charge in [-0.05, 0) is 42.5 Å². The van der Waals surface area contributed by atoms with E-state index in [1.165, 1.54) is 12.1 Å². The third-order valence-corrected chi connectivity index (χ3v) is 3.94. The molecule has 136 valence electrons. The molecule has 0 radical (unpaired) electrons. The van der Waals surface area contributed by atoms with Gasteiger partial charge in [0.25, 0.3) is 0 Å². The predicted octanol–water partition coefficient (Wildman–Crippen LogP) is 2.62. The fourth-order valence-electron chi connectivity index (χ4n) is 2.63. The average molecular weight is 367 g/mol. The Bertz CT molecular complexity index is 1160. The molecule has 9 heteroatoms. The Morgan fingerprint density at radius 2 is 1.89 bits per heavy atom. The molecule has 0 aliphatic rings. The summed E-state index contributed by atoms with van der Waals surface area (Å²) in [4.78, 5) is 32.9. The molecule has 3 N–H and O–H groups in total. The Morgan fingerprint density at radius 1 is 1.11 bits per heavy atom. The molecule has 0 atom stereocenters. The summed E-state index contributed by atoms with van der Waals surface area (Å²) in [6, 6.07) is 10.8.